The largest absolute Gasteiger partial charge is 0.352 e. The summed E-state index contributed by atoms with van der Waals surface area (Å²) in [6.45, 7) is 0.467. The number of rotatable bonds is 4. The summed E-state index contributed by atoms with van der Waals surface area (Å²) in [5, 5.41) is 4.81. The molecule has 0 radical (unpaired) electrons. The van der Waals surface area contributed by atoms with Crippen LogP contribution < -0.4 is 16.4 Å². The molecule has 7 heteroatoms. The molecule has 0 saturated carbocycles. The molecule has 0 bridgehead atoms. The minimum absolute atomic E-state index is 0.232. The first-order valence-corrected chi connectivity index (χ1v) is 4.52. The Labute approximate surface area is 91.0 Å². The second-order valence-electron chi connectivity index (χ2n) is 2.92. The average molecular weight is 226 g/mol. The summed E-state index contributed by atoms with van der Waals surface area (Å²) < 4.78 is 12.4. The van der Waals surface area contributed by atoms with Gasteiger partial charge in [0, 0.05) is 19.3 Å². The first kappa shape index (κ1) is 11.9. The molecule has 0 spiro atoms. The lowest BCUT2D eigenvalue weighted by atomic mass is 10.3. The smallest absolute Gasteiger partial charge is 0.312 e. The molecule has 16 heavy (non-hydrogen) atoms. The quantitative estimate of drug-likeness (QED) is 0.482. The first-order valence-electron chi connectivity index (χ1n) is 4.52. The number of carbonyl (C=O) groups is 2. The molecule has 0 aliphatic rings. The number of amides is 3. The van der Waals surface area contributed by atoms with Gasteiger partial charge < -0.3 is 16.4 Å². The van der Waals surface area contributed by atoms with Crippen LogP contribution in [0.4, 0.5) is 9.18 Å². The summed E-state index contributed by atoms with van der Waals surface area (Å²) in [4.78, 5) is 25.0. The number of nitrogens with zero attached hydrogens (tertiary/aromatic N) is 1. The van der Waals surface area contributed by atoms with Crippen LogP contribution >= 0.6 is 0 Å². The van der Waals surface area contributed by atoms with Crippen molar-refractivity contribution in [2.75, 3.05) is 13.1 Å². The van der Waals surface area contributed by atoms with Crippen molar-refractivity contribution in [3.8, 4) is 0 Å². The number of aromatic nitrogens is 1. The number of carbonyl (C=O) groups excluding carboxylic acids is 2. The number of nitrogens with two attached hydrogens (primary N) is 1. The molecule has 0 fully saturated rings. The maximum Gasteiger partial charge on any atom is 0.312 e. The molecule has 0 atom stereocenters. The fourth-order valence-corrected chi connectivity index (χ4v) is 0.974. The van der Waals surface area contributed by atoms with E-state index in [2.05, 4.69) is 15.6 Å². The summed E-state index contributed by atoms with van der Waals surface area (Å²) in [5.41, 5.74) is 5.07. The Balaban J connectivity index is 2.35. The van der Waals surface area contributed by atoms with E-state index in [1.807, 2.05) is 0 Å². The Hall–Kier alpha value is -2.18. The van der Waals surface area contributed by atoms with Gasteiger partial charge in [-0.25, -0.2) is 9.78 Å². The minimum atomic E-state index is -0.655. The molecular weight excluding hydrogens is 215 g/mol. The Morgan fingerprint density at radius 3 is 2.56 bits per heavy atom. The van der Waals surface area contributed by atoms with Crippen LogP contribution in [0.2, 0.25) is 0 Å². The van der Waals surface area contributed by atoms with Gasteiger partial charge in [-0.3, -0.25) is 4.79 Å². The highest BCUT2D eigenvalue weighted by molar-refractivity contribution is 5.93. The van der Waals surface area contributed by atoms with Crippen LogP contribution in [0.25, 0.3) is 0 Å². The van der Waals surface area contributed by atoms with Crippen molar-refractivity contribution in [2.24, 2.45) is 5.73 Å². The predicted molar refractivity (Wildman–Crippen MR) is 54.1 cm³/mol. The van der Waals surface area contributed by atoms with Crippen LogP contribution in [0, 0.1) is 5.95 Å². The van der Waals surface area contributed by atoms with Crippen LogP contribution in [0.5, 0.6) is 0 Å². The number of nitrogens with one attached hydrogen (secondary N) is 2. The number of hydrogen-bond acceptors (Lipinski definition) is 3. The zero-order valence-corrected chi connectivity index (χ0v) is 8.37. The zero-order valence-electron chi connectivity index (χ0n) is 8.37. The molecule has 4 N–H and O–H groups in total. The van der Waals surface area contributed by atoms with E-state index in [-0.39, 0.29) is 18.7 Å². The van der Waals surface area contributed by atoms with E-state index in [0.29, 0.717) is 0 Å². The van der Waals surface area contributed by atoms with Crippen LogP contribution in [0.3, 0.4) is 0 Å². The van der Waals surface area contributed by atoms with Gasteiger partial charge in [-0.1, -0.05) is 0 Å². The average Bonchev–Trinajstić information content (AvgIpc) is 2.25. The second-order valence-corrected chi connectivity index (χ2v) is 2.92. The van der Waals surface area contributed by atoms with E-state index in [0.717, 1.165) is 12.3 Å². The van der Waals surface area contributed by atoms with E-state index in [1.54, 1.807) is 0 Å². The van der Waals surface area contributed by atoms with E-state index in [4.69, 9.17) is 5.73 Å². The van der Waals surface area contributed by atoms with Gasteiger partial charge in [0.15, 0.2) is 0 Å². The number of primary amides is 1. The van der Waals surface area contributed by atoms with Crippen LogP contribution in [0.1, 0.15) is 10.4 Å². The molecule has 0 aliphatic heterocycles. The van der Waals surface area contributed by atoms with Gasteiger partial charge in [0.1, 0.15) is 0 Å². The van der Waals surface area contributed by atoms with E-state index >= 15 is 0 Å². The van der Waals surface area contributed by atoms with Crippen LogP contribution in [0.15, 0.2) is 18.3 Å². The third-order valence-corrected chi connectivity index (χ3v) is 1.70. The summed E-state index contributed by atoms with van der Waals surface area (Å²) in [5.74, 6) is -1.04. The number of urea groups is 1. The molecule has 1 aromatic heterocycles. The third kappa shape index (κ3) is 3.91. The van der Waals surface area contributed by atoms with Crippen molar-refractivity contribution in [1.29, 1.82) is 0 Å². The Morgan fingerprint density at radius 1 is 1.31 bits per heavy atom. The van der Waals surface area contributed by atoms with Crippen molar-refractivity contribution >= 4 is 11.9 Å². The Kier molecular flexibility index (Phi) is 4.19. The molecule has 0 aromatic carbocycles. The summed E-state index contributed by atoms with van der Waals surface area (Å²) in [6.07, 6.45) is 1.13. The van der Waals surface area contributed by atoms with Gasteiger partial charge in [0.05, 0.1) is 5.56 Å². The normalized spacial score (nSPS) is 9.56. The molecule has 6 nitrogen and oxygen atoms in total. The van der Waals surface area contributed by atoms with Gasteiger partial charge in [0.2, 0.25) is 5.95 Å². The fraction of sp³-hybridized carbons (Fsp3) is 0.222. The summed E-state index contributed by atoms with van der Waals surface area (Å²) in [7, 11) is 0. The first-order chi connectivity index (χ1) is 7.59. The number of halogens is 1. The van der Waals surface area contributed by atoms with Gasteiger partial charge >= 0.3 is 6.03 Å². The highest BCUT2D eigenvalue weighted by Gasteiger charge is 2.04. The molecule has 0 saturated heterocycles. The second kappa shape index (κ2) is 5.64. The lowest BCUT2D eigenvalue weighted by Gasteiger charge is -2.04. The summed E-state index contributed by atoms with van der Waals surface area (Å²) in [6, 6.07) is 1.76. The lowest BCUT2D eigenvalue weighted by Crippen LogP contribution is -2.37. The highest BCUT2D eigenvalue weighted by Crippen LogP contribution is 1.98. The van der Waals surface area contributed by atoms with E-state index < -0.39 is 17.9 Å². The minimum Gasteiger partial charge on any atom is -0.352 e. The standard InChI is InChI=1S/C9H11FN4O2/c10-7-2-1-6(5-14-7)8(15)12-3-4-13-9(11)16/h1-2,5H,3-4H2,(H,12,15)(H3,11,13,16). The van der Waals surface area contributed by atoms with Crippen molar-refractivity contribution in [3.05, 3.63) is 29.8 Å². The van der Waals surface area contributed by atoms with Crippen molar-refractivity contribution in [1.82, 2.24) is 15.6 Å². The van der Waals surface area contributed by atoms with Gasteiger partial charge in [-0.15, -0.1) is 0 Å². The van der Waals surface area contributed by atoms with Crippen molar-refractivity contribution in [3.63, 3.8) is 0 Å². The molecule has 1 heterocycles. The number of pyridine rings is 1. The van der Waals surface area contributed by atoms with Crippen molar-refractivity contribution < 1.29 is 14.0 Å². The summed E-state index contributed by atoms with van der Waals surface area (Å²) >= 11 is 0. The maximum absolute atomic E-state index is 12.4. The molecular formula is C9H11FN4O2. The van der Waals surface area contributed by atoms with Gasteiger partial charge in [-0.2, -0.15) is 4.39 Å². The third-order valence-electron chi connectivity index (χ3n) is 1.70. The predicted octanol–water partition coefficient (Wildman–Crippen LogP) is -0.381. The Morgan fingerprint density at radius 2 is 2.00 bits per heavy atom. The van der Waals surface area contributed by atoms with E-state index in [9.17, 15) is 14.0 Å². The highest BCUT2D eigenvalue weighted by atomic mass is 19.1. The SMILES string of the molecule is NC(=O)NCCNC(=O)c1ccc(F)nc1. The molecule has 3 amide bonds. The topological polar surface area (TPSA) is 97.1 Å². The van der Waals surface area contributed by atoms with Crippen LogP contribution in [-0.4, -0.2) is 30.0 Å². The zero-order chi connectivity index (χ0) is 12.0. The van der Waals surface area contributed by atoms with Gasteiger partial charge in [0.25, 0.3) is 5.91 Å². The molecule has 1 rings (SSSR count). The maximum atomic E-state index is 12.4. The number of hydrogen-bond donors (Lipinski definition) is 3. The molecule has 0 aliphatic carbocycles. The monoisotopic (exact) mass is 226 g/mol. The Bertz CT molecular complexity index is 380. The van der Waals surface area contributed by atoms with Gasteiger partial charge in [-0.05, 0) is 12.1 Å². The molecule has 86 valence electrons. The molecule has 0 unspecified atom stereocenters. The molecule has 1 aromatic rings. The van der Waals surface area contributed by atoms with Crippen molar-refractivity contribution in [2.45, 2.75) is 0 Å². The van der Waals surface area contributed by atoms with Crippen LogP contribution in [-0.2, 0) is 0 Å². The lowest BCUT2D eigenvalue weighted by molar-refractivity contribution is 0.0953. The fourth-order valence-electron chi connectivity index (χ4n) is 0.974. The van der Waals surface area contributed by atoms with E-state index in [1.165, 1.54) is 6.07 Å².